The van der Waals surface area contributed by atoms with Crippen LogP contribution in [0.4, 0.5) is 0 Å². The standard InChI is InChI=1S/C40H45N3O4/c1-26(2)32-23-33-38(40(46)43(39(33)45)30-17-20-42(21-18-30)24-28-8-4-3-5-9-28)34-25-47-36(37(32)34)16-13-29(35-10-6-7-19-41-35)22-27-11-14-31(44)15-12-27/h3-12,14-15,19,22,26,30,33-34,36,38,44H,13,16-18,20-21,23-25H2,1-2H3/b29-22-/t33-,34+,36-,38-/m1/s1. The normalized spacial score (nSPS) is 25.5. The lowest BCUT2D eigenvalue weighted by molar-refractivity contribution is -0.144. The highest BCUT2D eigenvalue weighted by molar-refractivity contribution is 6.06. The van der Waals surface area contributed by atoms with Crippen LogP contribution in [0.2, 0.25) is 0 Å². The fourth-order valence-electron chi connectivity index (χ4n) is 8.41. The second-order valence-electron chi connectivity index (χ2n) is 14.0. The Bertz CT molecular complexity index is 1640. The number of imide groups is 1. The van der Waals surface area contributed by atoms with Crippen LogP contribution in [0.1, 0.15) is 62.8 Å². The number of pyridine rings is 1. The van der Waals surface area contributed by atoms with Crippen LogP contribution in [-0.4, -0.2) is 63.5 Å². The Hall–Kier alpha value is -4.07. The first-order chi connectivity index (χ1) is 22.9. The molecule has 4 aliphatic rings. The van der Waals surface area contributed by atoms with E-state index in [4.69, 9.17) is 4.74 Å². The van der Waals surface area contributed by atoms with E-state index in [1.165, 1.54) is 16.7 Å². The summed E-state index contributed by atoms with van der Waals surface area (Å²) < 4.78 is 6.55. The monoisotopic (exact) mass is 631 g/mol. The third kappa shape index (κ3) is 6.43. The molecule has 0 spiro atoms. The number of hydrogen-bond donors (Lipinski definition) is 1. The van der Waals surface area contributed by atoms with Crippen molar-refractivity contribution in [1.29, 1.82) is 0 Å². The van der Waals surface area contributed by atoms with E-state index in [0.29, 0.717) is 13.0 Å². The first-order valence-electron chi connectivity index (χ1n) is 17.3. The number of allylic oxidation sites excluding steroid dienone is 2. The second-order valence-corrected chi connectivity index (χ2v) is 14.0. The number of benzene rings is 2. The lowest BCUT2D eigenvalue weighted by Gasteiger charge is -2.36. The average Bonchev–Trinajstić information content (AvgIpc) is 3.62. The molecule has 1 N–H and O–H groups in total. The summed E-state index contributed by atoms with van der Waals surface area (Å²) in [5.74, 6) is -0.0719. The molecule has 244 valence electrons. The Morgan fingerprint density at radius 1 is 0.957 bits per heavy atom. The van der Waals surface area contributed by atoms with Crippen molar-refractivity contribution in [3.05, 3.63) is 107 Å². The van der Waals surface area contributed by atoms with Gasteiger partial charge in [-0.25, -0.2) is 0 Å². The van der Waals surface area contributed by atoms with Crippen LogP contribution in [0.15, 0.2) is 90.1 Å². The van der Waals surface area contributed by atoms with Gasteiger partial charge in [0.1, 0.15) is 5.75 Å². The van der Waals surface area contributed by atoms with Crippen LogP contribution in [0.25, 0.3) is 11.6 Å². The summed E-state index contributed by atoms with van der Waals surface area (Å²) in [4.78, 5) is 37.0. The second kappa shape index (κ2) is 13.6. The summed E-state index contributed by atoms with van der Waals surface area (Å²) in [7, 11) is 0. The summed E-state index contributed by atoms with van der Waals surface area (Å²) in [5, 5.41) is 9.78. The largest absolute Gasteiger partial charge is 0.508 e. The number of rotatable bonds is 9. The molecule has 7 heteroatoms. The van der Waals surface area contributed by atoms with E-state index in [9.17, 15) is 14.7 Å². The van der Waals surface area contributed by atoms with Crippen LogP contribution < -0.4 is 0 Å². The Labute approximate surface area is 278 Å². The van der Waals surface area contributed by atoms with Crippen LogP contribution in [0, 0.1) is 23.7 Å². The third-order valence-corrected chi connectivity index (χ3v) is 10.8. The zero-order valence-corrected chi connectivity index (χ0v) is 27.4. The van der Waals surface area contributed by atoms with Crippen molar-refractivity contribution in [2.75, 3.05) is 19.7 Å². The van der Waals surface area contributed by atoms with Crippen LogP contribution >= 0.6 is 0 Å². The number of amides is 2. The SMILES string of the molecule is CC(C)C1=C2[C@@H](CC/C(=C/c3ccc(O)cc3)c3ccccn3)OC[C@@H]2[C@@H]2C(=O)N(C3CCN(Cc4ccccc4)CC3)C(=O)[C@@H]2C1. The summed E-state index contributed by atoms with van der Waals surface area (Å²) in [6, 6.07) is 23.6. The fourth-order valence-corrected chi connectivity index (χ4v) is 8.41. The molecule has 2 aromatic carbocycles. The minimum atomic E-state index is -0.324. The Morgan fingerprint density at radius 3 is 2.40 bits per heavy atom. The lowest BCUT2D eigenvalue weighted by atomic mass is 9.67. The minimum Gasteiger partial charge on any atom is -0.508 e. The number of likely N-dealkylation sites (tertiary alicyclic amines) is 2. The summed E-state index contributed by atoms with van der Waals surface area (Å²) in [6.45, 7) is 7.58. The number of aromatic hydroxyl groups is 1. The average molecular weight is 632 g/mol. The van der Waals surface area contributed by atoms with Gasteiger partial charge in [-0.1, -0.05) is 68.0 Å². The lowest BCUT2D eigenvalue weighted by Crippen LogP contribution is -2.47. The van der Waals surface area contributed by atoms with Crippen molar-refractivity contribution in [1.82, 2.24) is 14.8 Å². The topological polar surface area (TPSA) is 83.0 Å². The van der Waals surface area contributed by atoms with Gasteiger partial charge in [-0.05, 0) is 90.6 Å². The molecule has 3 saturated heterocycles. The number of carbonyl (C=O) groups excluding carboxylic acids is 2. The molecule has 0 unspecified atom stereocenters. The Kier molecular flexibility index (Phi) is 9.11. The van der Waals surface area contributed by atoms with Gasteiger partial charge in [0.2, 0.25) is 11.8 Å². The molecule has 4 atom stereocenters. The highest BCUT2D eigenvalue weighted by atomic mass is 16.5. The molecule has 0 saturated carbocycles. The first-order valence-corrected chi connectivity index (χ1v) is 17.3. The summed E-state index contributed by atoms with van der Waals surface area (Å²) >= 11 is 0. The van der Waals surface area contributed by atoms with Crippen LogP contribution in [0.3, 0.4) is 0 Å². The number of phenols is 1. The molecule has 2 amide bonds. The van der Waals surface area contributed by atoms with Gasteiger partial charge in [-0.15, -0.1) is 0 Å². The zero-order valence-electron chi connectivity index (χ0n) is 27.4. The maximum Gasteiger partial charge on any atom is 0.234 e. The van der Waals surface area contributed by atoms with E-state index in [-0.39, 0.29) is 53.4 Å². The number of fused-ring (bicyclic) bond motifs is 3. The molecule has 3 fully saturated rings. The quantitative estimate of drug-likeness (QED) is 0.208. The van der Waals surface area contributed by atoms with E-state index >= 15 is 0 Å². The van der Waals surface area contributed by atoms with Crippen molar-refractivity contribution in [3.63, 3.8) is 0 Å². The van der Waals surface area contributed by atoms with E-state index in [1.807, 2.05) is 42.6 Å². The van der Waals surface area contributed by atoms with Crippen LogP contribution in [-0.2, 0) is 20.9 Å². The summed E-state index contributed by atoms with van der Waals surface area (Å²) in [6.07, 6.45) is 7.67. The minimum absolute atomic E-state index is 0.0253. The number of ether oxygens (including phenoxy) is 1. The van der Waals surface area contributed by atoms with E-state index in [1.54, 1.807) is 17.0 Å². The van der Waals surface area contributed by atoms with Crippen LogP contribution in [0.5, 0.6) is 5.75 Å². The number of piperidine rings is 1. The molecule has 4 heterocycles. The molecule has 0 bridgehead atoms. The maximum atomic E-state index is 14.2. The van der Waals surface area contributed by atoms with Gasteiger partial charge in [-0.3, -0.25) is 24.4 Å². The molecular weight excluding hydrogens is 586 g/mol. The molecule has 0 radical (unpaired) electrons. The maximum absolute atomic E-state index is 14.2. The van der Waals surface area contributed by atoms with E-state index in [0.717, 1.165) is 62.1 Å². The molecule has 1 aromatic heterocycles. The van der Waals surface area contributed by atoms with Crippen molar-refractivity contribution in [2.24, 2.45) is 23.7 Å². The van der Waals surface area contributed by atoms with E-state index in [2.05, 4.69) is 54.1 Å². The third-order valence-electron chi connectivity index (χ3n) is 10.8. The highest BCUT2D eigenvalue weighted by Crippen LogP contribution is 2.52. The van der Waals surface area contributed by atoms with E-state index < -0.39 is 0 Å². The number of phenolic OH excluding ortho intramolecular Hbond substituents is 1. The summed E-state index contributed by atoms with van der Waals surface area (Å²) in [5.41, 5.74) is 6.88. The first kappa shape index (κ1) is 31.5. The molecule has 3 aliphatic heterocycles. The van der Waals surface area contributed by atoms with Gasteiger partial charge >= 0.3 is 0 Å². The molecule has 47 heavy (non-hydrogen) atoms. The van der Waals surface area contributed by atoms with Crippen molar-refractivity contribution < 1.29 is 19.4 Å². The van der Waals surface area contributed by atoms with Gasteiger partial charge in [0.25, 0.3) is 0 Å². The fraction of sp³-hybridized carbons (Fsp3) is 0.425. The predicted molar refractivity (Wildman–Crippen MR) is 183 cm³/mol. The number of hydrogen-bond acceptors (Lipinski definition) is 6. The van der Waals surface area contributed by atoms with Gasteiger partial charge in [0, 0.05) is 37.8 Å². The zero-order chi connectivity index (χ0) is 32.5. The number of nitrogens with zero attached hydrogens (tertiary/aromatic N) is 3. The van der Waals surface area contributed by atoms with Crippen molar-refractivity contribution >= 4 is 23.5 Å². The van der Waals surface area contributed by atoms with Gasteiger partial charge in [0.15, 0.2) is 0 Å². The smallest absolute Gasteiger partial charge is 0.234 e. The molecule has 3 aromatic rings. The molecule has 7 nitrogen and oxygen atoms in total. The predicted octanol–water partition coefficient (Wildman–Crippen LogP) is 6.75. The Balaban J connectivity index is 1.07. The molecule has 7 rings (SSSR count). The number of carbonyl (C=O) groups is 2. The number of aromatic nitrogens is 1. The van der Waals surface area contributed by atoms with Crippen molar-refractivity contribution in [3.8, 4) is 5.75 Å². The molecule has 1 aliphatic carbocycles. The highest BCUT2D eigenvalue weighted by Gasteiger charge is 2.58. The van der Waals surface area contributed by atoms with Crippen molar-refractivity contribution in [2.45, 2.75) is 64.6 Å². The van der Waals surface area contributed by atoms with Gasteiger partial charge < -0.3 is 9.84 Å². The van der Waals surface area contributed by atoms with Gasteiger partial charge in [-0.2, -0.15) is 0 Å². The Morgan fingerprint density at radius 2 is 1.70 bits per heavy atom. The van der Waals surface area contributed by atoms with Gasteiger partial charge in [0.05, 0.1) is 30.2 Å². The molecular formula is C40H45N3O4.